The first kappa shape index (κ1) is 18.8. The first-order valence-corrected chi connectivity index (χ1v) is 10.0. The molecule has 3 aromatic rings. The Morgan fingerprint density at radius 2 is 1.64 bits per heavy atom. The summed E-state index contributed by atoms with van der Waals surface area (Å²) >= 11 is 5.68. The predicted molar refractivity (Wildman–Crippen MR) is 112 cm³/mol. The summed E-state index contributed by atoms with van der Waals surface area (Å²) in [6.45, 7) is 7.20. The van der Waals surface area contributed by atoms with Crippen LogP contribution in [-0.4, -0.2) is 45.4 Å². The number of aromatic nitrogens is 3. The minimum absolute atomic E-state index is 0.197. The SMILES string of the molecule is CCn1c(-c2ccccc2)nn(CN2CCN(c3ccc(F)cc3)CC2)c1=S. The maximum Gasteiger partial charge on any atom is 0.199 e. The summed E-state index contributed by atoms with van der Waals surface area (Å²) in [6.07, 6.45) is 0. The average Bonchev–Trinajstić information content (AvgIpc) is 3.05. The van der Waals surface area contributed by atoms with Crippen molar-refractivity contribution in [2.24, 2.45) is 0 Å². The lowest BCUT2D eigenvalue weighted by Gasteiger charge is -2.35. The Bertz CT molecular complexity index is 972. The molecule has 28 heavy (non-hydrogen) atoms. The Kier molecular flexibility index (Phi) is 5.54. The Hall–Kier alpha value is -2.51. The summed E-state index contributed by atoms with van der Waals surface area (Å²) in [5.41, 5.74) is 2.15. The molecule has 1 aliphatic heterocycles. The number of anilines is 1. The van der Waals surface area contributed by atoms with Crippen LogP contribution in [0.2, 0.25) is 0 Å². The van der Waals surface area contributed by atoms with E-state index in [0.29, 0.717) is 6.67 Å². The minimum Gasteiger partial charge on any atom is -0.369 e. The van der Waals surface area contributed by atoms with E-state index in [-0.39, 0.29) is 5.82 Å². The van der Waals surface area contributed by atoms with E-state index >= 15 is 0 Å². The van der Waals surface area contributed by atoms with Gasteiger partial charge in [0, 0.05) is 44.0 Å². The summed E-state index contributed by atoms with van der Waals surface area (Å²) in [4.78, 5) is 4.65. The van der Waals surface area contributed by atoms with Gasteiger partial charge in [-0.1, -0.05) is 30.3 Å². The van der Waals surface area contributed by atoms with Gasteiger partial charge in [0.15, 0.2) is 10.6 Å². The van der Waals surface area contributed by atoms with Gasteiger partial charge < -0.3 is 9.47 Å². The molecular weight excluding hydrogens is 373 g/mol. The maximum atomic E-state index is 13.1. The van der Waals surface area contributed by atoms with E-state index in [0.717, 1.165) is 54.6 Å². The zero-order chi connectivity index (χ0) is 19.5. The number of hydrogen-bond acceptors (Lipinski definition) is 4. The predicted octanol–water partition coefficient (Wildman–Crippen LogP) is 4.02. The fraction of sp³-hybridized carbons (Fsp3) is 0.333. The van der Waals surface area contributed by atoms with Crippen molar-refractivity contribution < 1.29 is 4.39 Å². The molecule has 1 fully saturated rings. The molecule has 0 unspecified atom stereocenters. The summed E-state index contributed by atoms with van der Waals surface area (Å²) < 4.78 is 17.9. The molecule has 0 atom stereocenters. The largest absolute Gasteiger partial charge is 0.369 e. The molecule has 0 saturated carbocycles. The molecule has 146 valence electrons. The van der Waals surface area contributed by atoms with Gasteiger partial charge in [-0.3, -0.25) is 4.90 Å². The molecule has 0 radical (unpaired) electrons. The second kappa shape index (κ2) is 8.24. The van der Waals surface area contributed by atoms with E-state index in [9.17, 15) is 4.39 Å². The summed E-state index contributed by atoms with van der Waals surface area (Å²) in [7, 11) is 0. The maximum absolute atomic E-state index is 13.1. The standard InChI is InChI=1S/C21H24FN5S/c1-2-26-20(17-6-4-3-5-7-17)23-27(21(26)28)16-24-12-14-25(15-13-24)19-10-8-18(22)9-11-19/h3-11H,2,12-16H2,1H3. The zero-order valence-corrected chi connectivity index (χ0v) is 16.8. The molecule has 0 bridgehead atoms. The third kappa shape index (κ3) is 3.86. The van der Waals surface area contributed by atoms with Gasteiger partial charge in [0.1, 0.15) is 5.82 Å². The van der Waals surface area contributed by atoms with Gasteiger partial charge in [-0.15, -0.1) is 0 Å². The third-order valence-corrected chi connectivity index (χ3v) is 5.60. The molecule has 1 saturated heterocycles. The third-order valence-electron chi connectivity index (χ3n) is 5.17. The van der Waals surface area contributed by atoms with Crippen molar-refractivity contribution >= 4 is 17.9 Å². The highest BCUT2D eigenvalue weighted by atomic mass is 32.1. The Morgan fingerprint density at radius 3 is 2.29 bits per heavy atom. The highest BCUT2D eigenvalue weighted by Gasteiger charge is 2.19. The smallest absolute Gasteiger partial charge is 0.199 e. The van der Waals surface area contributed by atoms with Gasteiger partial charge in [-0.25, -0.2) is 9.07 Å². The van der Waals surface area contributed by atoms with Crippen molar-refractivity contribution in [3.63, 3.8) is 0 Å². The molecule has 1 aromatic heterocycles. The fourth-order valence-electron chi connectivity index (χ4n) is 3.61. The normalized spacial score (nSPS) is 15.1. The molecule has 7 heteroatoms. The van der Waals surface area contributed by atoms with Crippen LogP contribution in [0.25, 0.3) is 11.4 Å². The van der Waals surface area contributed by atoms with Crippen LogP contribution in [-0.2, 0) is 13.2 Å². The molecular formula is C21H24FN5S. The fourth-order valence-corrected chi connectivity index (χ4v) is 3.92. The molecule has 0 N–H and O–H groups in total. The average molecular weight is 398 g/mol. The van der Waals surface area contributed by atoms with Crippen molar-refractivity contribution in [1.82, 2.24) is 19.2 Å². The van der Waals surface area contributed by atoms with E-state index < -0.39 is 0 Å². The van der Waals surface area contributed by atoms with Crippen molar-refractivity contribution in [2.75, 3.05) is 31.1 Å². The molecule has 5 nitrogen and oxygen atoms in total. The zero-order valence-electron chi connectivity index (χ0n) is 16.0. The molecule has 4 rings (SSSR count). The van der Waals surface area contributed by atoms with Crippen LogP contribution in [0.4, 0.5) is 10.1 Å². The van der Waals surface area contributed by atoms with Gasteiger partial charge >= 0.3 is 0 Å². The minimum atomic E-state index is -0.197. The van der Waals surface area contributed by atoms with Crippen LogP contribution < -0.4 is 4.90 Å². The first-order chi connectivity index (χ1) is 13.7. The highest BCUT2D eigenvalue weighted by molar-refractivity contribution is 7.71. The van der Waals surface area contributed by atoms with Crippen LogP contribution in [0.3, 0.4) is 0 Å². The second-order valence-electron chi connectivity index (χ2n) is 6.94. The highest BCUT2D eigenvalue weighted by Crippen LogP contribution is 2.20. The molecule has 1 aliphatic rings. The lowest BCUT2D eigenvalue weighted by Crippen LogP contribution is -2.47. The van der Waals surface area contributed by atoms with Crippen LogP contribution in [0, 0.1) is 10.6 Å². The van der Waals surface area contributed by atoms with E-state index in [1.54, 1.807) is 0 Å². The van der Waals surface area contributed by atoms with E-state index in [4.69, 9.17) is 17.3 Å². The number of benzene rings is 2. The van der Waals surface area contributed by atoms with Crippen molar-refractivity contribution in [2.45, 2.75) is 20.1 Å². The van der Waals surface area contributed by atoms with Gasteiger partial charge in [0.25, 0.3) is 0 Å². The van der Waals surface area contributed by atoms with E-state index in [1.165, 1.54) is 12.1 Å². The summed E-state index contributed by atoms with van der Waals surface area (Å²) in [5.74, 6) is 0.718. The van der Waals surface area contributed by atoms with Crippen LogP contribution >= 0.6 is 12.2 Å². The Morgan fingerprint density at radius 1 is 0.964 bits per heavy atom. The summed E-state index contributed by atoms with van der Waals surface area (Å²) in [5, 5.41) is 4.81. The first-order valence-electron chi connectivity index (χ1n) is 9.61. The number of nitrogens with zero attached hydrogens (tertiary/aromatic N) is 5. The van der Waals surface area contributed by atoms with Crippen molar-refractivity contribution in [3.05, 3.63) is 65.2 Å². The van der Waals surface area contributed by atoms with Crippen LogP contribution in [0.5, 0.6) is 0 Å². The Labute approximate surface area is 169 Å². The molecule has 0 aliphatic carbocycles. The quantitative estimate of drug-likeness (QED) is 0.608. The van der Waals surface area contributed by atoms with Crippen molar-refractivity contribution in [1.29, 1.82) is 0 Å². The number of hydrogen-bond donors (Lipinski definition) is 0. The topological polar surface area (TPSA) is 29.2 Å². The van der Waals surface area contributed by atoms with Gasteiger partial charge in [-0.05, 0) is 43.4 Å². The summed E-state index contributed by atoms with van der Waals surface area (Å²) in [6, 6.07) is 16.9. The lowest BCUT2D eigenvalue weighted by atomic mass is 10.2. The van der Waals surface area contributed by atoms with Crippen LogP contribution in [0.15, 0.2) is 54.6 Å². The molecule has 0 spiro atoms. The molecule has 2 heterocycles. The molecule has 0 amide bonds. The van der Waals surface area contributed by atoms with E-state index in [1.807, 2.05) is 35.0 Å². The van der Waals surface area contributed by atoms with Gasteiger partial charge in [0.2, 0.25) is 0 Å². The monoisotopic (exact) mass is 397 g/mol. The second-order valence-corrected chi connectivity index (χ2v) is 7.30. The molecule has 2 aromatic carbocycles. The van der Waals surface area contributed by atoms with Crippen LogP contribution in [0.1, 0.15) is 6.92 Å². The van der Waals surface area contributed by atoms with E-state index in [2.05, 4.69) is 33.4 Å². The van der Waals surface area contributed by atoms with Gasteiger partial charge in [0.05, 0.1) is 6.67 Å². The van der Waals surface area contributed by atoms with Crippen molar-refractivity contribution in [3.8, 4) is 11.4 Å². The number of rotatable bonds is 5. The number of piperazine rings is 1. The Balaban J connectivity index is 1.46. The van der Waals surface area contributed by atoms with Gasteiger partial charge in [-0.2, -0.15) is 5.10 Å². The lowest BCUT2D eigenvalue weighted by molar-refractivity contribution is 0.194. The number of halogens is 1.